The molecular formula is C17H28N4O2. The van der Waals surface area contributed by atoms with E-state index >= 15 is 0 Å². The zero-order chi connectivity index (χ0) is 16.7. The third-order valence-electron chi connectivity index (χ3n) is 4.24. The van der Waals surface area contributed by atoms with Crippen LogP contribution in [-0.2, 0) is 4.74 Å². The summed E-state index contributed by atoms with van der Waals surface area (Å²) < 4.78 is 5.45. The van der Waals surface area contributed by atoms with Crippen molar-refractivity contribution >= 4 is 11.8 Å². The Labute approximate surface area is 138 Å². The van der Waals surface area contributed by atoms with Crippen LogP contribution < -0.4 is 5.32 Å². The molecule has 1 aliphatic rings. The van der Waals surface area contributed by atoms with Crippen molar-refractivity contribution in [3.05, 3.63) is 23.9 Å². The molecule has 1 N–H and O–H groups in total. The first-order valence-corrected chi connectivity index (χ1v) is 8.44. The van der Waals surface area contributed by atoms with Crippen LogP contribution in [-0.4, -0.2) is 66.2 Å². The van der Waals surface area contributed by atoms with E-state index < -0.39 is 0 Å². The summed E-state index contributed by atoms with van der Waals surface area (Å²) in [7, 11) is 0. The number of urea groups is 1. The standard InChI is InChI=1S/C17H28N4O2/c1-4-15-13-21(9-8-20(15)10-11-23-5-2)17(22)19-16-12-14(3)6-7-18-16/h6-7,12,15H,4-5,8-11,13H2,1-3H3,(H,18,19,22)/t15-/m1/s1. The van der Waals surface area contributed by atoms with Crippen LogP contribution in [0.2, 0.25) is 0 Å². The molecule has 128 valence electrons. The molecular weight excluding hydrogens is 292 g/mol. The van der Waals surface area contributed by atoms with Gasteiger partial charge in [-0.05, 0) is 38.0 Å². The maximum Gasteiger partial charge on any atom is 0.323 e. The van der Waals surface area contributed by atoms with Gasteiger partial charge in [0.25, 0.3) is 0 Å². The van der Waals surface area contributed by atoms with Gasteiger partial charge in [-0.2, -0.15) is 0 Å². The molecule has 2 rings (SSSR count). The maximum absolute atomic E-state index is 12.4. The van der Waals surface area contributed by atoms with Crippen LogP contribution in [0, 0.1) is 6.92 Å². The summed E-state index contributed by atoms with van der Waals surface area (Å²) in [6, 6.07) is 4.12. The highest BCUT2D eigenvalue weighted by Crippen LogP contribution is 2.14. The Bertz CT molecular complexity index is 509. The molecule has 2 heterocycles. The number of nitrogens with one attached hydrogen (secondary N) is 1. The number of carbonyl (C=O) groups excluding carboxylic acids is 1. The number of piperazine rings is 1. The molecule has 1 aromatic heterocycles. The van der Waals surface area contributed by atoms with E-state index in [2.05, 4.69) is 22.1 Å². The van der Waals surface area contributed by atoms with Crippen LogP contribution in [0.3, 0.4) is 0 Å². The monoisotopic (exact) mass is 320 g/mol. The molecule has 0 unspecified atom stereocenters. The maximum atomic E-state index is 12.4. The molecule has 0 aromatic carbocycles. The normalized spacial score (nSPS) is 18.9. The predicted octanol–water partition coefficient (Wildman–Crippen LogP) is 2.35. The van der Waals surface area contributed by atoms with E-state index in [1.807, 2.05) is 30.9 Å². The summed E-state index contributed by atoms with van der Waals surface area (Å²) in [5.74, 6) is 0.613. The molecule has 1 saturated heterocycles. The predicted molar refractivity (Wildman–Crippen MR) is 91.7 cm³/mol. The molecule has 6 nitrogen and oxygen atoms in total. The second-order valence-corrected chi connectivity index (χ2v) is 5.89. The zero-order valence-corrected chi connectivity index (χ0v) is 14.4. The van der Waals surface area contributed by atoms with Crippen molar-refractivity contribution in [1.82, 2.24) is 14.8 Å². The Kier molecular flexibility index (Phi) is 6.80. The first kappa shape index (κ1) is 17.7. The second-order valence-electron chi connectivity index (χ2n) is 5.89. The van der Waals surface area contributed by atoms with Crippen LogP contribution in [0.25, 0.3) is 0 Å². The lowest BCUT2D eigenvalue weighted by Gasteiger charge is -2.41. The van der Waals surface area contributed by atoms with Crippen LogP contribution >= 0.6 is 0 Å². The summed E-state index contributed by atoms with van der Waals surface area (Å²) in [5.41, 5.74) is 1.09. The van der Waals surface area contributed by atoms with Crippen LogP contribution in [0.1, 0.15) is 25.8 Å². The SMILES string of the molecule is CCOCCN1CCN(C(=O)Nc2cc(C)ccn2)C[C@H]1CC. The van der Waals surface area contributed by atoms with E-state index in [1.165, 1.54) is 0 Å². The minimum Gasteiger partial charge on any atom is -0.380 e. The smallest absolute Gasteiger partial charge is 0.323 e. The first-order chi connectivity index (χ1) is 11.1. The number of aromatic nitrogens is 1. The molecule has 1 aromatic rings. The zero-order valence-electron chi connectivity index (χ0n) is 14.4. The fourth-order valence-corrected chi connectivity index (χ4v) is 2.88. The number of pyridine rings is 1. The second kappa shape index (κ2) is 8.84. The highest BCUT2D eigenvalue weighted by atomic mass is 16.5. The summed E-state index contributed by atoms with van der Waals surface area (Å²) in [4.78, 5) is 20.9. The van der Waals surface area contributed by atoms with Crippen molar-refractivity contribution in [3.63, 3.8) is 0 Å². The number of nitrogens with zero attached hydrogens (tertiary/aromatic N) is 3. The van der Waals surface area contributed by atoms with E-state index in [9.17, 15) is 4.79 Å². The molecule has 1 atom stereocenters. The van der Waals surface area contributed by atoms with Crippen molar-refractivity contribution in [3.8, 4) is 0 Å². The number of aryl methyl sites for hydroxylation is 1. The third kappa shape index (κ3) is 5.18. The quantitative estimate of drug-likeness (QED) is 0.818. The van der Waals surface area contributed by atoms with E-state index in [-0.39, 0.29) is 6.03 Å². The van der Waals surface area contributed by atoms with Gasteiger partial charge in [0.05, 0.1) is 6.61 Å². The van der Waals surface area contributed by atoms with Crippen LogP contribution in [0.4, 0.5) is 10.6 Å². The number of hydrogen-bond acceptors (Lipinski definition) is 4. The lowest BCUT2D eigenvalue weighted by atomic mass is 10.1. The minimum atomic E-state index is -0.0639. The number of ether oxygens (including phenoxy) is 1. The number of hydrogen-bond donors (Lipinski definition) is 1. The van der Waals surface area contributed by atoms with E-state index in [4.69, 9.17) is 4.74 Å². The van der Waals surface area contributed by atoms with Gasteiger partial charge in [0, 0.05) is 45.0 Å². The Morgan fingerprint density at radius 2 is 2.26 bits per heavy atom. The fraction of sp³-hybridized carbons (Fsp3) is 0.647. The van der Waals surface area contributed by atoms with Crippen molar-refractivity contribution < 1.29 is 9.53 Å². The van der Waals surface area contributed by atoms with Gasteiger partial charge in [-0.1, -0.05) is 6.92 Å². The summed E-state index contributed by atoms with van der Waals surface area (Å²) in [6.07, 6.45) is 2.74. The molecule has 0 radical (unpaired) electrons. The van der Waals surface area contributed by atoms with Crippen molar-refractivity contribution in [2.24, 2.45) is 0 Å². The van der Waals surface area contributed by atoms with Crippen LogP contribution in [0.5, 0.6) is 0 Å². The molecule has 0 bridgehead atoms. The van der Waals surface area contributed by atoms with Gasteiger partial charge >= 0.3 is 6.03 Å². The molecule has 2 amide bonds. The first-order valence-electron chi connectivity index (χ1n) is 8.44. The number of carbonyl (C=O) groups is 1. The van der Waals surface area contributed by atoms with Crippen molar-refractivity contribution in [2.75, 3.05) is 44.7 Å². The highest BCUT2D eigenvalue weighted by Gasteiger charge is 2.28. The molecule has 0 aliphatic carbocycles. The summed E-state index contributed by atoms with van der Waals surface area (Å²) >= 11 is 0. The molecule has 6 heteroatoms. The van der Waals surface area contributed by atoms with E-state index in [0.717, 1.165) is 51.4 Å². The Hall–Kier alpha value is -1.66. The van der Waals surface area contributed by atoms with Crippen molar-refractivity contribution in [1.29, 1.82) is 0 Å². The van der Waals surface area contributed by atoms with Gasteiger partial charge in [-0.25, -0.2) is 9.78 Å². The van der Waals surface area contributed by atoms with Gasteiger partial charge < -0.3 is 9.64 Å². The third-order valence-corrected chi connectivity index (χ3v) is 4.24. The lowest BCUT2D eigenvalue weighted by molar-refractivity contribution is 0.0545. The van der Waals surface area contributed by atoms with E-state index in [1.54, 1.807) is 6.20 Å². The van der Waals surface area contributed by atoms with E-state index in [0.29, 0.717) is 11.9 Å². The number of anilines is 1. The molecule has 23 heavy (non-hydrogen) atoms. The number of rotatable bonds is 6. The van der Waals surface area contributed by atoms with Gasteiger partial charge in [0.15, 0.2) is 0 Å². The van der Waals surface area contributed by atoms with Gasteiger partial charge in [0.1, 0.15) is 5.82 Å². The molecule has 0 spiro atoms. The minimum absolute atomic E-state index is 0.0639. The summed E-state index contributed by atoms with van der Waals surface area (Å²) in [6.45, 7) is 11.0. The summed E-state index contributed by atoms with van der Waals surface area (Å²) in [5, 5.41) is 2.90. The average Bonchev–Trinajstić information content (AvgIpc) is 2.55. The van der Waals surface area contributed by atoms with Crippen LogP contribution in [0.15, 0.2) is 18.3 Å². The molecule has 1 aliphatic heterocycles. The largest absolute Gasteiger partial charge is 0.380 e. The Morgan fingerprint density at radius 1 is 1.43 bits per heavy atom. The molecule has 0 saturated carbocycles. The fourth-order valence-electron chi connectivity index (χ4n) is 2.88. The molecule has 1 fully saturated rings. The number of amides is 2. The average molecular weight is 320 g/mol. The topological polar surface area (TPSA) is 57.7 Å². The highest BCUT2D eigenvalue weighted by molar-refractivity contribution is 5.88. The lowest BCUT2D eigenvalue weighted by Crippen LogP contribution is -2.56. The Balaban J connectivity index is 1.88. The van der Waals surface area contributed by atoms with Gasteiger partial charge in [0.2, 0.25) is 0 Å². The van der Waals surface area contributed by atoms with Gasteiger partial charge in [-0.3, -0.25) is 10.2 Å². The van der Waals surface area contributed by atoms with Gasteiger partial charge in [-0.15, -0.1) is 0 Å². The van der Waals surface area contributed by atoms with Crippen molar-refractivity contribution in [2.45, 2.75) is 33.2 Å². The Morgan fingerprint density at radius 3 is 2.96 bits per heavy atom.